The summed E-state index contributed by atoms with van der Waals surface area (Å²) in [5, 5.41) is 8.75. The van der Waals surface area contributed by atoms with Crippen molar-refractivity contribution in [2.24, 2.45) is 0 Å². The smallest absolute Gasteiger partial charge is 0.119 e. The molecule has 4 rings (SSSR count). The first-order valence-electron chi connectivity index (χ1n) is 9.53. The molecule has 0 atom stereocenters. The number of benzene rings is 3. The van der Waals surface area contributed by atoms with Crippen LogP contribution < -0.4 is 4.90 Å². The first-order chi connectivity index (χ1) is 13.3. The number of anilines is 2. The Hall–Kier alpha value is -3.14. The second-order valence-electron chi connectivity index (χ2n) is 6.61. The molecule has 4 aromatic rings. The minimum Gasteiger partial charge on any atom is -0.321 e. The number of hydrogen-bond acceptors (Lipinski definition) is 3. The number of para-hydroxylation sites is 3. The van der Waals surface area contributed by atoms with Gasteiger partial charge in [0.05, 0.1) is 5.52 Å². The van der Waals surface area contributed by atoms with Crippen molar-refractivity contribution in [1.29, 1.82) is 0 Å². The van der Waals surface area contributed by atoms with Crippen LogP contribution >= 0.6 is 0 Å². The molecular formula is C23H24N4. The Morgan fingerprint density at radius 3 is 1.93 bits per heavy atom. The van der Waals surface area contributed by atoms with E-state index in [2.05, 4.69) is 83.7 Å². The van der Waals surface area contributed by atoms with E-state index in [0.717, 1.165) is 23.9 Å². The zero-order chi connectivity index (χ0) is 18.6. The summed E-state index contributed by atoms with van der Waals surface area (Å²) < 4.78 is 1.98. The standard InChI is InChI=1S/C23H24N4/c1-3-18-11-5-8-14-21(18)26(22-15-9-6-12-19(22)4-2)17-27-23-16-10-7-13-20(23)24-25-27/h5-16H,3-4,17H2,1-2H3. The van der Waals surface area contributed by atoms with E-state index in [9.17, 15) is 0 Å². The monoisotopic (exact) mass is 356 g/mol. The molecule has 0 aliphatic rings. The van der Waals surface area contributed by atoms with Gasteiger partial charge in [-0.25, -0.2) is 4.68 Å². The van der Waals surface area contributed by atoms with E-state index < -0.39 is 0 Å². The Morgan fingerprint density at radius 2 is 1.30 bits per heavy atom. The maximum Gasteiger partial charge on any atom is 0.119 e. The molecule has 0 amide bonds. The van der Waals surface area contributed by atoms with Crippen molar-refractivity contribution in [3.8, 4) is 0 Å². The van der Waals surface area contributed by atoms with E-state index in [1.54, 1.807) is 0 Å². The minimum atomic E-state index is 0.620. The molecule has 0 unspecified atom stereocenters. The van der Waals surface area contributed by atoms with Gasteiger partial charge in [0.1, 0.15) is 12.2 Å². The Kier molecular flexibility index (Phi) is 4.88. The highest BCUT2D eigenvalue weighted by molar-refractivity contribution is 5.75. The van der Waals surface area contributed by atoms with Gasteiger partial charge in [0.15, 0.2) is 0 Å². The van der Waals surface area contributed by atoms with Gasteiger partial charge in [-0.15, -0.1) is 5.10 Å². The number of fused-ring (bicyclic) bond motifs is 1. The number of nitrogens with zero attached hydrogens (tertiary/aromatic N) is 4. The molecule has 136 valence electrons. The summed E-state index contributed by atoms with van der Waals surface area (Å²) in [4.78, 5) is 2.36. The summed E-state index contributed by atoms with van der Waals surface area (Å²) >= 11 is 0. The van der Waals surface area contributed by atoms with Gasteiger partial charge in [-0.05, 0) is 48.2 Å². The Labute approximate surface area is 160 Å². The van der Waals surface area contributed by atoms with E-state index in [1.165, 1.54) is 22.5 Å². The predicted molar refractivity (Wildman–Crippen MR) is 111 cm³/mol. The zero-order valence-corrected chi connectivity index (χ0v) is 15.8. The van der Waals surface area contributed by atoms with E-state index in [-0.39, 0.29) is 0 Å². The highest BCUT2D eigenvalue weighted by Crippen LogP contribution is 2.32. The van der Waals surface area contributed by atoms with Gasteiger partial charge in [-0.2, -0.15) is 0 Å². The van der Waals surface area contributed by atoms with Crippen molar-refractivity contribution >= 4 is 22.4 Å². The van der Waals surface area contributed by atoms with Crippen LogP contribution in [-0.4, -0.2) is 15.0 Å². The SMILES string of the molecule is CCc1ccccc1N(Cn1nnc2ccccc21)c1ccccc1CC. The summed E-state index contributed by atoms with van der Waals surface area (Å²) in [6.45, 7) is 5.02. The molecule has 0 saturated heterocycles. The largest absolute Gasteiger partial charge is 0.321 e. The molecule has 0 fully saturated rings. The molecule has 1 heterocycles. The molecule has 0 saturated carbocycles. The van der Waals surface area contributed by atoms with E-state index in [1.807, 2.05) is 22.9 Å². The molecule has 3 aromatic carbocycles. The van der Waals surface area contributed by atoms with Crippen LogP contribution in [0.2, 0.25) is 0 Å². The lowest BCUT2D eigenvalue weighted by molar-refractivity contribution is 0.612. The van der Waals surface area contributed by atoms with Crippen LogP contribution in [0, 0.1) is 0 Å². The summed E-state index contributed by atoms with van der Waals surface area (Å²) in [6.07, 6.45) is 1.97. The lowest BCUT2D eigenvalue weighted by Crippen LogP contribution is -2.24. The number of aryl methyl sites for hydroxylation is 2. The second kappa shape index (κ2) is 7.62. The molecule has 4 heteroatoms. The number of aromatic nitrogens is 3. The number of rotatable bonds is 6. The predicted octanol–water partition coefficient (Wildman–Crippen LogP) is 5.35. The van der Waals surface area contributed by atoms with Gasteiger partial charge in [-0.3, -0.25) is 0 Å². The van der Waals surface area contributed by atoms with Crippen molar-refractivity contribution < 1.29 is 0 Å². The van der Waals surface area contributed by atoms with Gasteiger partial charge in [0.25, 0.3) is 0 Å². The average molecular weight is 356 g/mol. The normalized spacial score (nSPS) is 11.0. The summed E-state index contributed by atoms with van der Waals surface area (Å²) in [5.41, 5.74) is 7.07. The van der Waals surface area contributed by atoms with Crippen LogP contribution in [0.25, 0.3) is 11.0 Å². The van der Waals surface area contributed by atoms with Crippen molar-refractivity contribution in [3.05, 3.63) is 83.9 Å². The van der Waals surface area contributed by atoms with Crippen LogP contribution in [0.1, 0.15) is 25.0 Å². The van der Waals surface area contributed by atoms with E-state index >= 15 is 0 Å². The van der Waals surface area contributed by atoms with Crippen LogP contribution in [0.5, 0.6) is 0 Å². The zero-order valence-electron chi connectivity index (χ0n) is 15.8. The Bertz CT molecular complexity index is 1000. The number of hydrogen-bond donors (Lipinski definition) is 0. The van der Waals surface area contributed by atoms with Crippen LogP contribution in [0.3, 0.4) is 0 Å². The lowest BCUT2D eigenvalue weighted by Gasteiger charge is -2.29. The van der Waals surface area contributed by atoms with Gasteiger partial charge < -0.3 is 4.90 Å². The topological polar surface area (TPSA) is 34.0 Å². The molecule has 0 N–H and O–H groups in total. The maximum atomic E-state index is 4.42. The second-order valence-corrected chi connectivity index (χ2v) is 6.61. The van der Waals surface area contributed by atoms with Crippen molar-refractivity contribution in [2.45, 2.75) is 33.4 Å². The summed E-state index contributed by atoms with van der Waals surface area (Å²) in [6, 6.07) is 25.3. The molecule has 4 nitrogen and oxygen atoms in total. The van der Waals surface area contributed by atoms with Crippen molar-refractivity contribution in [2.75, 3.05) is 4.90 Å². The third kappa shape index (κ3) is 3.31. The molecule has 0 aliphatic carbocycles. The summed E-state index contributed by atoms with van der Waals surface area (Å²) in [5.74, 6) is 0. The van der Waals surface area contributed by atoms with Gasteiger partial charge in [0, 0.05) is 11.4 Å². The lowest BCUT2D eigenvalue weighted by atomic mass is 10.1. The Balaban J connectivity index is 1.86. The molecule has 27 heavy (non-hydrogen) atoms. The third-order valence-electron chi connectivity index (χ3n) is 5.02. The fourth-order valence-electron chi connectivity index (χ4n) is 3.58. The quantitative estimate of drug-likeness (QED) is 0.467. The van der Waals surface area contributed by atoms with Crippen molar-refractivity contribution in [3.63, 3.8) is 0 Å². The fraction of sp³-hybridized carbons (Fsp3) is 0.217. The van der Waals surface area contributed by atoms with Gasteiger partial charge >= 0.3 is 0 Å². The molecule has 0 spiro atoms. The van der Waals surface area contributed by atoms with Crippen LogP contribution in [0.4, 0.5) is 11.4 Å². The highest BCUT2D eigenvalue weighted by Gasteiger charge is 2.17. The Morgan fingerprint density at radius 1 is 0.741 bits per heavy atom. The van der Waals surface area contributed by atoms with E-state index in [4.69, 9.17) is 0 Å². The first-order valence-corrected chi connectivity index (χ1v) is 9.53. The summed E-state index contributed by atoms with van der Waals surface area (Å²) in [7, 11) is 0. The molecule has 0 bridgehead atoms. The van der Waals surface area contributed by atoms with Crippen molar-refractivity contribution in [1.82, 2.24) is 15.0 Å². The molecule has 0 radical (unpaired) electrons. The van der Waals surface area contributed by atoms with Gasteiger partial charge in [0.2, 0.25) is 0 Å². The first kappa shape index (κ1) is 17.3. The third-order valence-corrected chi connectivity index (χ3v) is 5.02. The van der Waals surface area contributed by atoms with Gasteiger partial charge in [-0.1, -0.05) is 67.6 Å². The van der Waals surface area contributed by atoms with Crippen LogP contribution in [-0.2, 0) is 19.5 Å². The highest BCUT2D eigenvalue weighted by atomic mass is 15.5. The molecule has 1 aromatic heterocycles. The minimum absolute atomic E-state index is 0.620. The molecular weight excluding hydrogens is 332 g/mol. The maximum absolute atomic E-state index is 4.42. The van der Waals surface area contributed by atoms with E-state index in [0.29, 0.717) is 6.67 Å². The van der Waals surface area contributed by atoms with Crippen LogP contribution in [0.15, 0.2) is 72.8 Å². The molecule has 0 aliphatic heterocycles. The fourth-order valence-corrected chi connectivity index (χ4v) is 3.58. The average Bonchev–Trinajstić information content (AvgIpc) is 3.15.